The monoisotopic (exact) mass is 264 g/mol. The van der Waals surface area contributed by atoms with Crippen molar-refractivity contribution in [2.75, 3.05) is 13.2 Å². The lowest BCUT2D eigenvalue weighted by Crippen LogP contribution is -2.13. The van der Waals surface area contributed by atoms with Crippen LogP contribution >= 0.6 is 0 Å². The van der Waals surface area contributed by atoms with Crippen molar-refractivity contribution in [1.29, 1.82) is 0 Å². The molecular formula is C15H20O4. The van der Waals surface area contributed by atoms with Crippen LogP contribution in [-0.4, -0.2) is 30.4 Å². The van der Waals surface area contributed by atoms with Gasteiger partial charge in [-0.15, -0.1) is 0 Å². The van der Waals surface area contributed by atoms with Gasteiger partial charge in [0.2, 0.25) is 0 Å². The fraction of sp³-hybridized carbons (Fsp3) is 0.533. The number of carbonyl (C=O) groups is 1. The van der Waals surface area contributed by atoms with Crippen molar-refractivity contribution in [3.8, 4) is 5.75 Å². The van der Waals surface area contributed by atoms with Gasteiger partial charge in [-0.25, -0.2) is 0 Å². The molecular weight excluding hydrogens is 244 g/mol. The molecule has 0 heterocycles. The Labute approximate surface area is 113 Å². The maximum Gasteiger partial charge on any atom is 0.307 e. The second-order valence-electron chi connectivity index (χ2n) is 4.84. The smallest absolute Gasteiger partial charge is 0.307 e. The zero-order valence-corrected chi connectivity index (χ0v) is 11.0. The number of aliphatic carboxylic acids is 1. The molecule has 1 aromatic carbocycles. The van der Waals surface area contributed by atoms with E-state index in [4.69, 9.17) is 14.6 Å². The van der Waals surface area contributed by atoms with E-state index in [2.05, 4.69) is 0 Å². The van der Waals surface area contributed by atoms with Crippen LogP contribution in [0.25, 0.3) is 0 Å². The third-order valence-electron chi connectivity index (χ3n) is 3.29. The van der Waals surface area contributed by atoms with Gasteiger partial charge in [0.25, 0.3) is 0 Å². The Morgan fingerprint density at radius 3 is 2.47 bits per heavy atom. The average molecular weight is 264 g/mol. The molecule has 0 saturated heterocycles. The lowest BCUT2D eigenvalue weighted by atomic mass is 10.1. The molecule has 0 radical (unpaired) electrons. The van der Waals surface area contributed by atoms with Crippen molar-refractivity contribution in [1.82, 2.24) is 0 Å². The van der Waals surface area contributed by atoms with Crippen LogP contribution in [-0.2, 0) is 16.0 Å². The average Bonchev–Trinajstić information content (AvgIpc) is 2.89. The molecule has 1 aromatic rings. The summed E-state index contributed by atoms with van der Waals surface area (Å²) in [5.41, 5.74) is 0.780. The Morgan fingerprint density at radius 1 is 1.16 bits per heavy atom. The summed E-state index contributed by atoms with van der Waals surface area (Å²) in [4.78, 5) is 10.5. The molecule has 0 aliphatic heterocycles. The van der Waals surface area contributed by atoms with Gasteiger partial charge < -0.3 is 14.6 Å². The summed E-state index contributed by atoms with van der Waals surface area (Å²) in [5.74, 6) is -0.0669. The number of hydrogen-bond acceptors (Lipinski definition) is 3. The molecule has 1 N–H and O–H groups in total. The maximum absolute atomic E-state index is 10.5. The van der Waals surface area contributed by atoms with Crippen molar-refractivity contribution in [3.63, 3.8) is 0 Å². The van der Waals surface area contributed by atoms with Gasteiger partial charge in [0.15, 0.2) is 0 Å². The van der Waals surface area contributed by atoms with Gasteiger partial charge in [-0.1, -0.05) is 25.0 Å². The van der Waals surface area contributed by atoms with Gasteiger partial charge in [0.1, 0.15) is 12.4 Å². The van der Waals surface area contributed by atoms with Gasteiger partial charge >= 0.3 is 5.97 Å². The zero-order chi connectivity index (χ0) is 13.5. The summed E-state index contributed by atoms with van der Waals surface area (Å²) >= 11 is 0. The molecule has 19 heavy (non-hydrogen) atoms. The van der Waals surface area contributed by atoms with Crippen molar-refractivity contribution in [2.24, 2.45) is 0 Å². The Kier molecular flexibility index (Phi) is 5.21. The summed E-state index contributed by atoms with van der Waals surface area (Å²) in [6.45, 7) is 1.15. The van der Waals surface area contributed by atoms with Crippen molar-refractivity contribution < 1.29 is 19.4 Å². The first-order valence-electron chi connectivity index (χ1n) is 6.79. The van der Waals surface area contributed by atoms with Crippen LogP contribution in [0.2, 0.25) is 0 Å². The number of ether oxygens (including phenoxy) is 2. The number of carboxylic acid groups (broad SMARTS) is 1. The Bertz CT molecular complexity index is 393. The first-order valence-corrected chi connectivity index (χ1v) is 6.79. The third kappa shape index (κ3) is 4.91. The molecule has 0 bridgehead atoms. The minimum Gasteiger partial charge on any atom is -0.491 e. The second kappa shape index (κ2) is 7.14. The molecule has 4 heteroatoms. The van der Waals surface area contributed by atoms with Crippen molar-refractivity contribution in [2.45, 2.75) is 38.2 Å². The van der Waals surface area contributed by atoms with E-state index in [1.165, 1.54) is 25.7 Å². The van der Waals surface area contributed by atoms with E-state index in [-0.39, 0.29) is 6.42 Å². The molecule has 0 amide bonds. The Balaban J connectivity index is 1.66. The summed E-state index contributed by atoms with van der Waals surface area (Å²) in [5, 5.41) is 8.67. The molecule has 0 atom stereocenters. The molecule has 1 saturated carbocycles. The van der Waals surface area contributed by atoms with Crippen LogP contribution in [0.1, 0.15) is 31.2 Å². The molecule has 104 valence electrons. The number of benzene rings is 1. The fourth-order valence-electron chi connectivity index (χ4n) is 2.31. The first-order chi connectivity index (χ1) is 9.24. The van der Waals surface area contributed by atoms with Crippen LogP contribution < -0.4 is 4.74 Å². The lowest BCUT2D eigenvalue weighted by molar-refractivity contribution is -0.136. The largest absolute Gasteiger partial charge is 0.491 e. The highest BCUT2D eigenvalue weighted by Gasteiger charge is 2.14. The Hall–Kier alpha value is -1.55. The zero-order valence-electron chi connectivity index (χ0n) is 11.0. The molecule has 1 fully saturated rings. The van der Waals surface area contributed by atoms with Crippen molar-refractivity contribution in [3.05, 3.63) is 29.8 Å². The highest BCUT2D eigenvalue weighted by atomic mass is 16.5. The molecule has 1 aliphatic rings. The van der Waals surface area contributed by atoms with Crippen LogP contribution in [0.15, 0.2) is 24.3 Å². The number of hydrogen-bond donors (Lipinski definition) is 1. The van der Waals surface area contributed by atoms with E-state index in [0.717, 1.165) is 11.3 Å². The van der Waals surface area contributed by atoms with Crippen molar-refractivity contribution >= 4 is 5.97 Å². The predicted molar refractivity (Wildman–Crippen MR) is 71.5 cm³/mol. The van der Waals surface area contributed by atoms with Crippen LogP contribution in [0.3, 0.4) is 0 Å². The third-order valence-corrected chi connectivity index (χ3v) is 3.29. The van der Waals surface area contributed by atoms with E-state index < -0.39 is 5.97 Å². The minimum atomic E-state index is -0.821. The quantitative estimate of drug-likeness (QED) is 0.769. The number of rotatable bonds is 7. The van der Waals surface area contributed by atoms with E-state index >= 15 is 0 Å². The van der Waals surface area contributed by atoms with E-state index in [1.807, 2.05) is 0 Å². The molecule has 1 aliphatic carbocycles. The number of carboxylic acids is 1. The fourth-order valence-corrected chi connectivity index (χ4v) is 2.31. The molecule has 2 rings (SSSR count). The molecule has 4 nitrogen and oxygen atoms in total. The highest BCUT2D eigenvalue weighted by molar-refractivity contribution is 5.70. The summed E-state index contributed by atoms with van der Waals surface area (Å²) in [7, 11) is 0. The Morgan fingerprint density at radius 2 is 1.84 bits per heavy atom. The van der Waals surface area contributed by atoms with Crippen LogP contribution in [0.5, 0.6) is 5.75 Å². The van der Waals surface area contributed by atoms with E-state index in [1.54, 1.807) is 24.3 Å². The summed E-state index contributed by atoms with van der Waals surface area (Å²) in [6.07, 6.45) is 5.35. The van der Waals surface area contributed by atoms with Gasteiger partial charge in [-0.05, 0) is 30.5 Å². The van der Waals surface area contributed by atoms with E-state index in [0.29, 0.717) is 19.3 Å². The molecule has 0 aromatic heterocycles. The predicted octanol–water partition coefficient (Wildman–Crippen LogP) is 2.65. The highest BCUT2D eigenvalue weighted by Crippen LogP contribution is 2.20. The molecule has 0 unspecified atom stereocenters. The SMILES string of the molecule is O=C(O)Cc1ccc(OCCOC2CCCC2)cc1. The van der Waals surface area contributed by atoms with Gasteiger partial charge in [-0.2, -0.15) is 0 Å². The van der Waals surface area contributed by atoms with E-state index in [9.17, 15) is 4.79 Å². The normalized spacial score (nSPS) is 15.6. The van der Waals surface area contributed by atoms with Gasteiger partial charge in [-0.3, -0.25) is 4.79 Å². The minimum absolute atomic E-state index is 0.0467. The van der Waals surface area contributed by atoms with Gasteiger partial charge in [0, 0.05) is 0 Å². The summed E-state index contributed by atoms with van der Waals surface area (Å²) < 4.78 is 11.3. The van der Waals surface area contributed by atoms with Gasteiger partial charge in [0.05, 0.1) is 19.1 Å². The lowest BCUT2D eigenvalue weighted by Gasteiger charge is -2.11. The molecule has 0 spiro atoms. The second-order valence-corrected chi connectivity index (χ2v) is 4.84. The summed E-state index contributed by atoms with van der Waals surface area (Å²) in [6, 6.07) is 7.16. The maximum atomic E-state index is 10.5. The first kappa shape index (κ1) is 13.9. The topological polar surface area (TPSA) is 55.8 Å². The van der Waals surface area contributed by atoms with Crippen LogP contribution in [0, 0.1) is 0 Å². The van der Waals surface area contributed by atoms with Crippen LogP contribution in [0.4, 0.5) is 0 Å². The standard InChI is InChI=1S/C15H20O4/c16-15(17)11-12-5-7-14(8-6-12)19-10-9-18-13-3-1-2-4-13/h5-8,13H,1-4,9-11H2,(H,16,17).